The molecule has 1 aliphatic heterocycles. The van der Waals surface area contributed by atoms with Crippen molar-refractivity contribution >= 4 is 11.3 Å². The Kier molecular flexibility index (Phi) is 4.78. The molecule has 0 bridgehead atoms. The first-order chi connectivity index (χ1) is 7.90. The molecule has 0 aliphatic carbocycles. The second-order valence-corrected chi connectivity index (χ2v) is 5.31. The normalized spacial score (nSPS) is 23.2. The molecule has 4 heteroatoms. The Morgan fingerprint density at radius 3 is 3.19 bits per heavy atom. The van der Waals surface area contributed by atoms with Crippen molar-refractivity contribution in [1.82, 2.24) is 5.32 Å². The van der Waals surface area contributed by atoms with Crippen LogP contribution < -0.4 is 11.1 Å². The van der Waals surface area contributed by atoms with E-state index in [9.17, 15) is 0 Å². The Morgan fingerprint density at radius 2 is 2.56 bits per heavy atom. The Labute approximate surface area is 101 Å². The van der Waals surface area contributed by atoms with Gasteiger partial charge in [-0.25, -0.2) is 0 Å². The summed E-state index contributed by atoms with van der Waals surface area (Å²) in [7, 11) is 0. The Morgan fingerprint density at radius 1 is 1.62 bits per heavy atom. The third kappa shape index (κ3) is 3.28. The Balaban J connectivity index is 1.80. The van der Waals surface area contributed by atoms with Gasteiger partial charge in [-0.15, -0.1) is 11.3 Å². The minimum atomic E-state index is 0.391. The fourth-order valence-corrected chi connectivity index (χ4v) is 2.83. The fraction of sp³-hybridized carbons (Fsp3) is 0.667. The number of ether oxygens (including phenoxy) is 1. The molecule has 16 heavy (non-hydrogen) atoms. The molecular weight excluding hydrogens is 220 g/mol. The summed E-state index contributed by atoms with van der Waals surface area (Å²) in [4.78, 5) is 1.37. The van der Waals surface area contributed by atoms with Gasteiger partial charge in [0.1, 0.15) is 0 Å². The lowest BCUT2D eigenvalue weighted by Crippen LogP contribution is -2.44. The largest absolute Gasteiger partial charge is 0.381 e. The van der Waals surface area contributed by atoms with Crippen LogP contribution in [0.1, 0.15) is 17.7 Å². The molecule has 1 aromatic rings. The molecule has 1 aliphatic rings. The number of rotatable bonds is 5. The number of nitrogens with two attached hydrogens (primary N) is 1. The van der Waals surface area contributed by atoms with E-state index >= 15 is 0 Å². The molecule has 0 aromatic carbocycles. The minimum Gasteiger partial charge on any atom is -0.381 e. The Hall–Kier alpha value is -0.420. The van der Waals surface area contributed by atoms with Crippen LogP contribution in [0.3, 0.4) is 0 Å². The van der Waals surface area contributed by atoms with E-state index < -0.39 is 0 Å². The molecule has 1 saturated heterocycles. The molecular formula is C12H20N2OS. The average Bonchev–Trinajstić information content (AvgIpc) is 2.84. The zero-order chi connectivity index (χ0) is 11.2. The summed E-state index contributed by atoms with van der Waals surface area (Å²) in [5.41, 5.74) is 5.83. The van der Waals surface area contributed by atoms with Gasteiger partial charge in [-0.05, 0) is 30.2 Å². The highest BCUT2D eigenvalue weighted by atomic mass is 32.1. The molecule has 1 aromatic heterocycles. The van der Waals surface area contributed by atoms with Crippen LogP contribution >= 0.6 is 11.3 Å². The van der Waals surface area contributed by atoms with Gasteiger partial charge >= 0.3 is 0 Å². The summed E-state index contributed by atoms with van der Waals surface area (Å²) in [6.07, 6.45) is 2.40. The molecule has 0 saturated carbocycles. The van der Waals surface area contributed by atoms with Gasteiger partial charge in [0.2, 0.25) is 0 Å². The van der Waals surface area contributed by atoms with Crippen LogP contribution in [0.25, 0.3) is 0 Å². The molecule has 0 radical (unpaired) electrons. The van der Waals surface area contributed by atoms with Crippen molar-refractivity contribution < 1.29 is 4.74 Å². The van der Waals surface area contributed by atoms with E-state index in [0.29, 0.717) is 18.5 Å². The van der Waals surface area contributed by atoms with E-state index in [1.807, 2.05) is 0 Å². The van der Waals surface area contributed by atoms with Crippen molar-refractivity contribution in [3.05, 3.63) is 22.4 Å². The molecule has 2 atom stereocenters. The molecule has 0 amide bonds. The molecule has 0 spiro atoms. The molecule has 2 unspecified atom stereocenters. The second-order valence-electron chi connectivity index (χ2n) is 4.28. The van der Waals surface area contributed by atoms with Gasteiger partial charge in [0, 0.05) is 30.6 Å². The highest BCUT2D eigenvalue weighted by Crippen LogP contribution is 2.18. The first-order valence-electron chi connectivity index (χ1n) is 5.93. The summed E-state index contributed by atoms with van der Waals surface area (Å²) >= 11 is 1.79. The predicted octanol–water partition coefficient (Wildman–Crippen LogP) is 1.59. The van der Waals surface area contributed by atoms with Crippen molar-refractivity contribution in [2.24, 2.45) is 11.7 Å². The van der Waals surface area contributed by atoms with Gasteiger partial charge < -0.3 is 15.8 Å². The number of nitrogens with one attached hydrogen (secondary N) is 1. The first-order valence-corrected chi connectivity index (χ1v) is 6.81. The summed E-state index contributed by atoms with van der Waals surface area (Å²) in [5, 5.41) is 5.66. The van der Waals surface area contributed by atoms with Crippen LogP contribution in [0.2, 0.25) is 0 Å². The average molecular weight is 240 g/mol. The smallest absolute Gasteiger partial charge is 0.0509 e. The Bertz CT molecular complexity index is 283. The maximum Gasteiger partial charge on any atom is 0.0509 e. The van der Waals surface area contributed by atoms with E-state index in [2.05, 4.69) is 22.8 Å². The van der Waals surface area contributed by atoms with E-state index in [1.54, 1.807) is 11.3 Å². The molecule has 90 valence electrons. The lowest BCUT2D eigenvalue weighted by atomic mass is 9.94. The van der Waals surface area contributed by atoms with Gasteiger partial charge in [0.05, 0.1) is 6.61 Å². The van der Waals surface area contributed by atoms with E-state index in [1.165, 1.54) is 17.7 Å². The van der Waals surface area contributed by atoms with Gasteiger partial charge in [-0.2, -0.15) is 0 Å². The lowest BCUT2D eigenvalue weighted by molar-refractivity contribution is 0.0403. The van der Waals surface area contributed by atoms with Gasteiger partial charge in [0.25, 0.3) is 0 Å². The van der Waals surface area contributed by atoms with Crippen molar-refractivity contribution in [3.63, 3.8) is 0 Å². The van der Waals surface area contributed by atoms with E-state index in [4.69, 9.17) is 10.5 Å². The predicted molar refractivity (Wildman–Crippen MR) is 67.5 cm³/mol. The third-order valence-electron chi connectivity index (χ3n) is 3.14. The van der Waals surface area contributed by atoms with Crippen LogP contribution in [-0.4, -0.2) is 25.8 Å². The van der Waals surface area contributed by atoms with Gasteiger partial charge in [0.15, 0.2) is 0 Å². The summed E-state index contributed by atoms with van der Waals surface area (Å²) in [6, 6.07) is 4.63. The quantitative estimate of drug-likeness (QED) is 0.821. The molecule has 1 fully saturated rings. The summed E-state index contributed by atoms with van der Waals surface area (Å²) < 4.78 is 5.51. The van der Waals surface area contributed by atoms with Crippen LogP contribution in [0.4, 0.5) is 0 Å². The SMILES string of the molecule is NCC(NCc1cccs1)C1CCCOC1. The number of hydrogen-bond donors (Lipinski definition) is 2. The van der Waals surface area contributed by atoms with Crippen LogP contribution in [0.5, 0.6) is 0 Å². The topological polar surface area (TPSA) is 47.3 Å². The zero-order valence-corrected chi connectivity index (χ0v) is 10.3. The van der Waals surface area contributed by atoms with Crippen molar-refractivity contribution in [3.8, 4) is 0 Å². The highest BCUT2D eigenvalue weighted by molar-refractivity contribution is 7.09. The standard InChI is InChI=1S/C12H20N2OS/c13-7-12(10-3-1-5-15-9-10)14-8-11-4-2-6-16-11/h2,4,6,10,12,14H,1,3,5,7-9,13H2. The molecule has 2 heterocycles. The molecule has 3 nitrogen and oxygen atoms in total. The second kappa shape index (κ2) is 6.35. The number of thiophene rings is 1. The van der Waals surface area contributed by atoms with Crippen LogP contribution in [0, 0.1) is 5.92 Å². The molecule has 3 N–H and O–H groups in total. The van der Waals surface area contributed by atoms with Crippen LogP contribution in [-0.2, 0) is 11.3 Å². The fourth-order valence-electron chi connectivity index (χ4n) is 2.17. The van der Waals surface area contributed by atoms with Gasteiger partial charge in [-0.3, -0.25) is 0 Å². The van der Waals surface area contributed by atoms with Gasteiger partial charge in [-0.1, -0.05) is 6.07 Å². The maximum atomic E-state index is 5.83. The van der Waals surface area contributed by atoms with Crippen molar-refractivity contribution in [1.29, 1.82) is 0 Å². The first kappa shape index (κ1) is 12.0. The van der Waals surface area contributed by atoms with E-state index in [0.717, 1.165) is 19.8 Å². The monoisotopic (exact) mass is 240 g/mol. The molecule has 2 rings (SSSR count). The van der Waals surface area contributed by atoms with Crippen molar-refractivity contribution in [2.75, 3.05) is 19.8 Å². The maximum absolute atomic E-state index is 5.83. The van der Waals surface area contributed by atoms with Crippen molar-refractivity contribution in [2.45, 2.75) is 25.4 Å². The summed E-state index contributed by atoms with van der Waals surface area (Å²) in [6.45, 7) is 3.40. The highest BCUT2D eigenvalue weighted by Gasteiger charge is 2.22. The third-order valence-corrected chi connectivity index (χ3v) is 4.01. The summed E-state index contributed by atoms with van der Waals surface area (Å²) in [5.74, 6) is 0.582. The van der Waals surface area contributed by atoms with Crippen LogP contribution in [0.15, 0.2) is 17.5 Å². The minimum absolute atomic E-state index is 0.391. The number of hydrogen-bond acceptors (Lipinski definition) is 4. The lowest BCUT2D eigenvalue weighted by Gasteiger charge is -2.30. The zero-order valence-electron chi connectivity index (χ0n) is 9.52. The van der Waals surface area contributed by atoms with E-state index in [-0.39, 0.29) is 0 Å².